The van der Waals surface area contributed by atoms with Crippen molar-refractivity contribution in [1.29, 1.82) is 0 Å². The van der Waals surface area contributed by atoms with Crippen molar-refractivity contribution in [3.05, 3.63) is 35.6 Å². The first-order valence-corrected chi connectivity index (χ1v) is 11.7. The molecule has 9 unspecified atom stereocenters. The molecule has 2 fully saturated rings. The average molecular weight is 540 g/mol. The van der Waals surface area contributed by atoms with Gasteiger partial charge in [0.15, 0.2) is 6.29 Å². The van der Waals surface area contributed by atoms with Crippen LogP contribution in [0.15, 0.2) is 30.0 Å². The molecule has 3 heterocycles. The first kappa shape index (κ1) is 27.6. The second-order valence-corrected chi connectivity index (χ2v) is 9.10. The summed E-state index contributed by atoms with van der Waals surface area (Å²) < 4.78 is 32.1. The Morgan fingerprint density at radius 3 is 2.50 bits per heavy atom. The predicted octanol–water partition coefficient (Wildman–Crippen LogP) is -0.940. The third-order valence-electron chi connectivity index (χ3n) is 6.69. The summed E-state index contributed by atoms with van der Waals surface area (Å²) in [6.07, 6.45) is -9.29. The number of cyclic esters (lactones) is 1. The number of hydrogen-bond donors (Lipinski definition) is 5. The summed E-state index contributed by atoms with van der Waals surface area (Å²) >= 11 is 0. The molecule has 38 heavy (non-hydrogen) atoms. The molecule has 0 radical (unpaired) electrons. The molecule has 1 aromatic carbocycles. The normalized spacial score (nSPS) is 34.7. The van der Waals surface area contributed by atoms with Gasteiger partial charge in [-0.3, -0.25) is 4.79 Å². The van der Waals surface area contributed by atoms with E-state index >= 15 is 0 Å². The second-order valence-electron chi connectivity index (χ2n) is 9.10. The van der Waals surface area contributed by atoms with Gasteiger partial charge in [-0.1, -0.05) is 0 Å². The Labute approximate surface area is 215 Å². The molecule has 14 heteroatoms. The van der Waals surface area contributed by atoms with Crippen molar-refractivity contribution in [3.63, 3.8) is 0 Å². The lowest BCUT2D eigenvalue weighted by Gasteiger charge is -2.45. The van der Waals surface area contributed by atoms with Crippen LogP contribution in [-0.4, -0.2) is 100 Å². The molecular weight excluding hydrogens is 512 g/mol. The number of phenols is 2. The summed E-state index contributed by atoms with van der Waals surface area (Å²) in [6.45, 7) is 0.946. The van der Waals surface area contributed by atoms with E-state index in [1.165, 1.54) is 7.11 Å². The molecule has 0 aromatic heterocycles. The number of phenolic OH excluding ortho intramolecular Hbond substituents is 2. The first-order valence-electron chi connectivity index (χ1n) is 11.7. The van der Waals surface area contributed by atoms with Crippen LogP contribution in [0.3, 0.4) is 0 Å². The van der Waals surface area contributed by atoms with E-state index in [0.717, 1.165) is 24.5 Å². The Morgan fingerprint density at radius 2 is 1.79 bits per heavy atom. The van der Waals surface area contributed by atoms with Gasteiger partial charge in [-0.15, -0.1) is 0 Å². The fourth-order valence-corrected chi connectivity index (χ4v) is 4.69. The van der Waals surface area contributed by atoms with Crippen LogP contribution in [-0.2, 0) is 38.0 Å². The minimum absolute atomic E-state index is 0.0985. The maximum atomic E-state index is 12.4. The lowest BCUT2D eigenvalue weighted by molar-refractivity contribution is -0.346. The van der Waals surface area contributed by atoms with Crippen molar-refractivity contribution in [2.75, 3.05) is 13.7 Å². The minimum Gasteiger partial charge on any atom is -0.508 e. The highest BCUT2D eigenvalue weighted by molar-refractivity contribution is 5.93. The second kappa shape index (κ2) is 11.1. The van der Waals surface area contributed by atoms with E-state index < -0.39 is 85.2 Å². The Morgan fingerprint density at radius 1 is 1.05 bits per heavy atom. The molecular formula is C24H28O14. The van der Waals surface area contributed by atoms with Crippen LogP contribution >= 0.6 is 0 Å². The van der Waals surface area contributed by atoms with Gasteiger partial charge < -0.3 is 54.0 Å². The van der Waals surface area contributed by atoms with E-state index in [1.54, 1.807) is 6.92 Å². The molecule has 0 spiro atoms. The zero-order valence-electron chi connectivity index (χ0n) is 20.3. The van der Waals surface area contributed by atoms with Gasteiger partial charge in [0.05, 0.1) is 31.3 Å². The highest BCUT2D eigenvalue weighted by Crippen LogP contribution is 2.41. The van der Waals surface area contributed by atoms with E-state index in [-0.39, 0.29) is 23.3 Å². The van der Waals surface area contributed by atoms with E-state index in [4.69, 9.17) is 28.4 Å². The number of fused-ring (bicyclic) bond motifs is 1. The predicted molar refractivity (Wildman–Crippen MR) is 120 cm³/mol. The Hall–Kier alpha value is -3.43. The molecule has 208 valence electrons. The van der Waals surface area contributed by atoms with Crippen molar-refractivity contribution in [3.8, 4) is 11.5 Å². The fourth-order valence-electron chi connectivity index (χ4n) is 4.69. The van der Waals surface area contributed by atoms with Gasteiger partial charge in [-0.25, -0.2) is 9.59 Å². The first-order chi connectivity index (χ1) is 18.0. The number of aliphatic hydroxyl groups excluding tert-OH is 3. The van der Waals surface area contributed by atoms with Crippen molar-refractivity contribution >= 4 is 17.9 Å². The van der Waals surface area contributed by atoms with E-state index in [1.807, 2.05) is 0 Å². The van der Waals surface area contributed by atoms with Gasteiger partial charge >= 0.3 is 17.9 Å². The van der Waals surface area contributed by atoms with Crippen molar-refractivity contribution in [1.82, 2.24) is 0 Å². The molecule has 4 rings (SSSR count). The molecule has 14 nitrogen and oxygen atoms in total. The number of hydrogen-bond acceptors (Lipinski definition) is 14. The van der Waals surface area contributed by atoms with Gasteiger partial charge in [0.2, 0.25) is 6.29 Å². The number of carbonyl (C=O) groups excluding carboxylic acids is 3. The zero-order chi connectivity index (χ0) is 27.7. The summed E-state index contributed by atoms with van der Waals surface area (Å²) in [5.41, 5.74) is -0.249. The Bertz CT molecular complexity index is 1100. The maximum absolute atomic E-state index is 12.4. The minimum atomic E-state index is -1.78. The van der Waals surface area contributed by atoms with Gasteiger partial charge in [0, 0.05) is 5.92 Å². The summed E-state index contributed by atoms with van der Waals surface area (Å²) in [7, 11) is 1.18. The van der Waals surface area contributed by atoms with Crippen LogP contribution in [0.5, 0.6) is 11.5 Å². The molecule has 9 atom stereocenters. The molecule has 5 N–H and O–H groups in total. The van der Waals surface area contributed by atoms with E-state index in [2.05, 4.69) is 0 Å². The summed E-state index contributed by atoms with van der Waals surface area (Å²) in [4.78, 5) is 36.6. The van der Waals surface area contributed by atoms with Crippen LogP contribution in [0.25, 0.3) is 0 Å². The van der Waals surface area contributed by atoms with Gasteiger partial charge in [0.25, 0.3) is 0 Å². The van der Waals surface area contributed by atoms with Crippen molar-refractivity contribution in [2.45, 2.75) is 56.4 Å². The van der Waals surface area contributed by atoms with Crippen LogP contribution in [0.2, 0.25) is 0 Å². The molecule has 0 saturated carbocycles. The van der Waals surface area contributed by atoms with Crippen LogP contribution < -0.4 is 0 Å². The number of ether oxygens (including phenoxy) is 6. The standard InChI is InChI=1S/C24H28O14/c1-9-17-11(6-16(27)36-9)13(21(31)33-2)7-35-23(17)38-24-20(30)19(29)18(28)15(37-24)8-34-22(32)12-5-10(25)3-4-14(12)26/h3-5,7,9,11,15,17-20,23-26,28-30H,6,8H2,1-2H3. The molecule has 3 aliphatic heterocycles. The van der Waals surface area contributed by atoms with E-state index in [9.17, 15) is 39.9 Å². The highest BCUT2D eigenvalue weighted by Gasteiger charge is 2.52. The van der Waals surface area contributed by atoms with E-state index in [0.29, 0.717) is 0 Å². The van der Waals surface area contributed by atoms with Crippen LogP contribution in [0, 0.1) is 11.8 Å². The fraction of sp³-hybridized carbons (Fsp3) is 0.542. The number of carbonyl (C=O) groups is 3. The SMILES string of the molecule is COC(=O)C1=COC(OC2OC(COC(=O)c3cc(O)ccc3O)C(O)C(O)C2O)C2C(C)OC(=O)CC12. The Balaban J connectivity index is 1.48. The summed E-state index contributed by atoms with van der Waals surface area (Å²) in [5.74, 6) is -4.47. The monoisotopic (exact) mass is 540 g/mol. The summed E-state index contributed by atoms with van der Waals surface area (Å²) in [5, 5.41) is 50.6. The maximum Gasteiger partial charge on any atom is 0.342 e. The number of methoxy groups -OCH3 is 1. The number of benzene rings is 1. The zero-order valence-corrected chi connectivity index (χ0v) is 20.3. The highest BCUT2D eigenvalue weighted by atomic mass is 16.8. The molecule has 2 saturated heterocycles. The smallest absolute Gasteiger partial charge is 0.342 e. The lowest BCUT2D eigenvalue weighted by Crippen LogP contribution is -2.61. The van der Waals surface area contributed by atoms with Gasteiger partial charge in [-0.05, 0) is 25.1 Å². The van der Waals surface area contributed by atoms with Gasteiger partial charge in [0.1, 0.15) is 54.2 Å². The van der Waals surface area contributed by atoms with Crippen molar-refractivity contribution < 1.29 is 68.3 Å². The third-order valence-corrected chi connectivity index (χ3v) is 6.69. The molecule has 3 aliphatic rings. The van der Waals surface area contributed by atoms with Gasteiger partial charge in [-0.2, -0.15) is 0 Å². The average Bonchev–Trinajstić information content (AvgIpc) is 2.88. The molecule has 0 aliphatic carbocycles. The number of aromatic hydroxyl groups is 2. The number of aliphatic hydroxyl groups is 3. The van der Waals surface area contributed by atoms with Crippen molar-refractivity contribution in [2.24, 2.45) is 11.8 Å². The van der Waals surface area contributed by atoms with Crippen LogP contribution in [0.4, 0.5) is 0 Å². The third kappa shape index (κ3) is 5.39. The summed E-state index contributed by atoms with van der Waals surface area (Å²) in [6, 6.07) is 3.23. The Kier molecular flexibility index (Phi) is 8.08. The largest absolute Gasteiger partial charge is 0.508 e. The molecule has 0 bridgehead atoms. The lowest BCUT2D eigenvalue weighted by atomic mass is 9.77. The molecule has 1 aromatic rings. The number of rotatable bonds is 6. The number of esters is 3. The molecule has 0 amide bonds. The van der Waals surface area contributed by atoms with Crippen LogP contribution in [0.1, 0.15) is 23.7 Å². The topological polar surface area (TPSA) is 208 Å². The quantitative estimate of drug-likeness (QED) is 0.168.